The van der Waals surface area contributed by atoms with Crippen LogP contribution in [0.5, 0.6) is 5.75 Å². The molecule has 3 N–H and O–H groups in total. The predicted octanol–water partition coefficient (Wildman–Crippen LogP) is 5.82. The van der Waals surface area contributed by atoms with Crippen molar-refractivity contribution in [1.29, 1.82) is 0 Å². The van der Waals surface area contributed by atoms with Gasteiger partial charge < -0.3 is 34.7 Å². The second-order valence-corrected chi connectivity index (χ2v) is 15.7. The highest BCUT2D eigenvalue weighted by Gasteiger charge is 2.36. The number of nitrogens with one attached hydrogen (secondary N) is 3. The molecular weight excluding hydrogens is 670 g/mol. The summed E-state index contributed by atoms with van der Waals surface area (Å²) in [7, 11) is 2.44. The monoisotopic (exact) mass is 705 g/mol. The van der Waals surface area contributed by atoms with Crippen molar-refractivity contribution < 1.29 is 22.5 Å². The summed E-state index contributed by atoms with van der Waals surface area (Å²) in [6.07, 6.45) is 2.83. The number of H-pyrrole nitrogens is 1. The minimum atomic E-state index is -4.71. The van der Waals surface area contributed by atoms with Gasteiger partial charge in [0, 0.05) is 80.9 Å². The Morgan fingerprint density at radius 2 is 1.74 bits per heavy atom. The van der Waals surface area contributed by atoms with Crippen LogP contribution in [0.3, 0.4) is 0 Å². The summed E-state index contributed by atoms with van der Waals surface area (Å²) in [5.41, 5.74) is 3.37. The predicted molar refractivity (Wildman–Crippen MR) is 189 cm³/mol. The van der Waals surface area contributed by atoms with Crippen LogP contribution < -0.4 is 25.6 Å². The van der Waals surface area contributed by atoms with Gasteiger partial charge in [-0.1, -0.05) is 0 Å². The van der Waals surface area contributed by atoms with Crippen molar-refractivity contribution in [1.82, 2.24) is 39.6 Å². The van der Waals surface area contributed by atoms with E-state index in [9.17, 15) is 17.7 Å². The molecule has 0 amide bonds. The van der Waals surface area contributed by atoms with E-state index in [1.807, 2.05) is 25.4 Å². The van der Waals surface area contributed by atoms with Crippen molar-refractivity contribution in [2.75, 3.05) is 69.2 Å². The third kappa shape index (κ3) is 6.31. The molecule has 1 aliphatic heterocycles. The molecule has 13 nitrogen and oxygen atoms in total. The number of piperazine rings is 1. The Kier molecular flexibility index (Phi) is 8.39. The van der Waals surface area contributed by atoms with Gasteiger partial charge in [-0.3, -0.25) is 14.6 Å². The van der Waals surface area contributed by atoms with Crippen LogP contribution in [0, 0.1) is 0 Å². The van der Waals surface area contributed by atoms with Gasteiger partial charge in [-0.2, -0.15) is 28.2 Å². The molecule has 0 spiro atoms. The van der Waals surface area contributed by atoms with Gasteiger partial charge in [0.25, 0.3) is 0 Å². The topological polar surface area (TPSA) is 142 Å². The Morgan fingerprint density at radius 1 is 0.980 bits per heavy atom. The Bertz CT molecular complexity index is 2270. The summed E-state index contributed by atoms with van der Waals surface area (Å²) in [6.45, 7) is 6.55. The van der Waals surface area contributed by atoms with Crippen LogP contribution in [0.2, 0.25) is 0 Å². The molecule has 1 saturated heterocycles. The fourth-order valence-corrected chi connectivity index (χ4v) is 7.65. The zero-order valence-electron chi connectivity index (χ0n) is 28.0. The minimum absolute atomic E-state index is 0.00308. The van der Waals surface area contributed by atoms with Gasteiger partial charge >= 0.3 is 6.18 Å². The minimum Gasteiger partial charge on any atom is -0.494 e. The third-order valence-electron chi connectivity index (χ3n) is 8.67. The number of aromatic amines is 1. The lowest BCUT2D eigenvalue weighted by Crippen LogP contribution is -2.44. The number of hydrogen-bond donors (Lipinski definition) is 3. The van der Waals surface area contributed by atoms with Crippen molar-refractivity contribution in [2.45, 2.75) is 6.18 Å². The number of alkyl halides is 3. The number of aryl methyl sites for hydroxylation is 1. The quantitative estimate of drug-likeness (QED) is 0.165. The van der Waals surface area contributed by atoms with E-state index in [0.29, 0.717) is 33.5 Å². The van der Waals surface area contributed by atoms with Gasteiger partial charge in [0.05, 0.1) is 46.5 Å². The van der Waals surface area contributed by atoms with Crippen LogP contribution in [0.1, 0.15) is 5.56 Å². The van der Waals surface area contributed by atoms with E-state index >= 15 is 0 Å². The molecule has 7 rings (SSSR count). The maximum Gasteiger partial charge on any atom is 0.418 e. The molecule has 4 aromatic heterocycles. The molecule has 6 aromatic rings. The SMILES string of the molecule is COc1cc(N2CCN(C)CC2)c(-c2cnn(C)c2)cc1Nc1nc(Nc2ccc3nccnc3c2P(C)(C)=O)c2c(C(F)(F)F)c[nH]c2n1. The fraction of sp³-hybridized carbons (Fsp3) is 0.303. The van der Waals surface area contributed by atoms with Crippen LogP contribution in [-0.2, 0) is 17.8 Å². The van der Waals surface area contributed by atoms with Gasteiger partial charge in [-0.25, -0.2) is 0 Å². The highest BCUT2D eigenvalue weighted by atomic mass is 31.2. The Hall–Kier alpha value is -5.21. The summed E-state index contributed by atoms with van der Waals surface area (Å²) in [5, 5.41) is 10.7. The molecule has 2 aromatic carbocycles. The van der Waals surface area contributed by atoms with Gasteiger partial charge in [-0.05, 0) is 38.6 Å². The summed E-state index contributed by atoms with van der Waals surface area (Å²) in [6, 6.07) is 7.13. The van der Waals surface area contributed by atoms with Crippen LogP contribution in [0.25, 0.3) is 33.2 Å². The summed E-state index contributed by atoms with van der Waals surface area (Å²) in [4.78, 5) is 25.0. The molecule has 0 unspecified atom stereocenters. The first kappa shape index (κ1) is 33.3. The average molecular weight is 706 g/mol. The van der Waals surface area contributed by atoms with Gasteiger partial charge in [-0.15, -0.1) is 0 Å². The second kappa shape index (κ2) is 12.6. The Morgan fingerprint density at radius 3 is 2.42 bits per heavy atom. The molecule has 1 fully saturated rings. The molecule has 5 heterocycles. The number of halogens is 3. The maximum absolute atomic E-state index is 14.3. The van der Waals surface area contributed by atoms with Crippen molar-refractivity contribution in [3.05, 3.63) is 60.8 Å². The average Bonchev–Trinajstić information content (AvgIpc) is 3.71. The van der Waals surface area contributed by atoms with E-state index in [4.69, 9.17) is 4.74 Å². The van der Waals surface area contributed by atoms with Crippen molar-refractivity contribution >= 4 is 63.3 Å². The van der Waals surface area contributed by atoms with Crippen LogP contribution in [0.4, 0.5) is 42.0 Å². The summed E-state index contributed by atoms with van der Waals surface area (Å²) >= 11 is 0. The number of anilines is 5. The van der Waals surface area contributed by atoms with Crippen LogP contribution in [-0.4, -0.2) is 93.3 Å². The number of benzene rings is 2. The van der Waals surface area contributed by atoms with Crippen LogP contribution >= 0.6 is 7.14 Å². The largest absolute Gasteiger partial charge is 0.494 e. The Balaban J connectivity index is 1.37. The smallest absolute Gasteiger partial charge is 0.418 e. The summed E-state index contributed by atoms with van der Waals surface area (Å²) < 4.78 is 64.1. The number of ether oxygens (including phenoxy) is 1. The first-order valence-corrected chi connectivity index (χ1v) is 18.3. The standard InChI is InChI=1S/C33H35F3N11O2P/c1-45-10-12-47(13-11-45)25-15-26(49-3)24(14-20(25)19-16-40-46(2)18-19)42-32-43-30-27(21(17-39-30)33(34,35)36)31(44-32)41-23-7-6-22-28(38-9-8-37-22)29(23)50(4,5)48/h6-9,14-18H,10-13H2,1-5H3,(H3,39,41,42,43,44). The third-order valence-corrected chi connectivity index (χ3v) is 10.2. The summed E-state index contributed by atoms with van der Waals surface area (Å²) in [5.74, 6) is 0.335. The van der Waals surface area contributed by atoms with E-state index in [0.717, 1.165) is 49.2 Å². The number of hydrogen-bond acceptors (Lipinski definition) is 11. The second-order valence-electron chi connectivity index (χ2n) is 12.6. The molecule has 0 saturated carbocycles. The molecule has 0 aliphatic carbocycles. The van der Waals surface area contributed by atoms with E-state index in [1.165, 1.54) is 12.4 Å². The lowest BCUT2D eigenvalue weighted by atomic mass is 10.0. The van der Waals surface area contributed by atoms with Crippen molar-refractivity contribution in [2.24, 2.45) is 7.05 Å². The zero-order chi connectivity index (χ0) is 35.4. The fourth-order valence-electron chi connectivity index (χ4n) is 6.26. The molecule has 0 bridgehead atoms. The zero-order valence-corrected chi connectivity index (χ0v) is 28.9. The highest BCUT2D eigenvalue weighted by molar-refractivity contribution is 7.71. The number of likely N-dealkylation sites (N-methyl/N-ethyl adjacent to an activating group) is 1. The highest BCUT2D eigenvalue weighted by Crippen LogP contribution is 2.44. The molecule has 0 radical (unpaired) electrons. The Labute approximate surface area is 285 Å². The van der Waals surface area contributed by atoms with Crippen LogP contribution in [0.15, 0.2) is 55.2 Å². The maximum atomic E-state index is 14.3. The van der Waals surface area contributed by atoms with Crippen molar-refractivity contribution in [3.63, 3.8) is 0 Å². The van der Waals surface area contributed by atoms with Gasteiger partial charge in [0.15, 0.2) is 0 Å². The first-order chi connectivity index (χ1) is 23.8. The first-order valence-electron chi connectivity index (χ1n) is 15.7. The number of nitrogens with zero attached hydrogens (tertiary/aromatic N) is 8. The molecule has 260 valence electrons. The number of rotatable bonds is 8. The lowest BCUT2D eigenvalue weighted by Gasteiger charge is -2.35. The normalized spacial score (nSPS) is 14.4. The van der Waals surface area contributed by atoms with Crippen molar-refractivity contribution in [3.8, 4) is 16.9 Å². The van der Waals surface area contributed by atoms with Gasteiger partial charge in [0.1, 0.15) is 29.9 Å². The molecule has 17 heteroatoms. The molecule has 0 atom stereocenters. The molecular formula is C33H35F3N11O2P. The number of fused-ring (bicyclic) bond motifs is 2. The van der Waals surface area contributed by atoms with E-state index in [-0.39, 0.29) is 22.8 Å². The van der Waals surface area contributed by atoms with Gasteiger partial charge in [0.2, 0.25) is 5.95 Å². The molecule has 50 heavy (non-hydrogen) atoms. The van der Waals surface area contributed by atoms with E-state index < -0.39 is 18.9 Å². The number of methoxy groups -OCH3 is 1. The number of aromatic nitrogens is 7. The van der Waals surface area contributed by atoms with E-state index in [2.05, 4.69) is 57.5 Å². The lowest BCUT2D eigenvalue weighted by molar-refractivity contribution is -0.136. The molecule has 1 aliphatic rings. The van der Waals surface area contributed by atoms with E-state index in [1.54, 1.807) is 43.5 Å².